The number of halogens is 6. The summed E-state index contributed by atoms with van der Waals surface area (Å²) >= 11 is 0. The Labute approximate surface area is 126 Å². The van der Waals surface area contributed by atoms with Gasteiger partial charge in [0.05, 0.1) is 11.3 Å². The highest BCUT2D eigenvalue weighted by atomic mass is 19.4. The molecule has 3 nitrogen and oxygen atoms in total. The molecular formula is C14H11F6N3. The molecule has 0 fully saturated rings. The van der Waals surface area contributed by atoms with Gasteiger partial charge in [0, 0.05) is 16.9 Å². The Hall–Kier alpha value is -2.58. The van der Waals surface area contributed by atoms with E-state index in [0.717, 1.165) is 24.3 Å². The van der Waals surface area contributed by atoms with Crippen LogP contribution in [0.1, 0.15) is 11.1 Å². The molecule has 0 saturated heterocycles. The standard InChI is InChI=1S/C14H11F6N3/c15-13(16,17)8-5-6(1-3-9(8)21)7-2-4-10(22)11(12(7)23)14(18,19)20/h1-5H,21-23H2. The van der Waals surface area contributed by atoms with Gasteiger partial charge in [-0.05, 0) is 23.8 Å². The van der Waals surface area contributed by atoms with E-state index in [0.29, 0.717) is 6.07 Å². The summed E-state index contributed by atoms with van der Waals surface area (Å²) in [6, 6.07) is 4.84. The largest absolute Gasteiger partial charge is 0.420 e. The SMILES string of the molecule is Nc1ccc(-c2ccc(N)c(C(F)(F)F)c2N)cc1C(F)(F)F. The molecule has 0 aliphatic heterocycles. The third kappa shape index (κ3) is 3.13. The van der Waals surface area contributed by atoms with Crippen LogP contribution >= 0.6 is 0 Å². The summed E-state index contributed by atoms with van der Waals surface area (Å²) in [6.07, 6.45) is -9.57. The highest BCUT2D eigenvalue weighted by Gasteiger charge is 2.37. The molecule has 0 aliphatic rings. The second-order valence-electron chi connectivity index (χ2n) is 4.79. The number of nitrogens with two attached hydrogens (primary N) is 3. The molecule has 2 aromatic rings. The predicted molar refractivity (Wildman–Crippen MR) is 75.1 cm³/mol. The minimum atomic E-state index is -4.83. The maximum absolute atomic E-state index is 13.0. The average molecular weight is 335 g/mol. The van der Waals surface area contributed by atoms with Gasteiger partial charge in [-0.2, -0.15) is 26.3 Å². The van der Waals surface area contributed by atoms with Crippen molar-refractivity contribution >= 4 is 17.1 Å². The van der Waals surface area contributed by atoms with Gasteiger partial charge in [0.15, 0.2) is 0 Å². The van der Waals surface area contributed by atoms with Crippen molar-refractivity contribution in [2.75, 3.05) is 17.2 Å². The van der Waals surface area contributed by atoms with Crippen molar-refractivity contribution in [1.82, 2.24) is 0 Å². The summed E-state index contributed by atoms with van der Waals surface area (Å²) < 4.78 is 77.5. The van der Waals surface area contributed by atoms with Gasteiger partial charge in [-0.3, -0.25) is 0 Å². The number of nitrogen functional groups attached to an aromatic ring is 3. The van der Waals surface area contributed by atoms with Crippen molar-refractivity contribution in [3.63, 3.8) is 0 Å². The minimum absolute atomic E-state index is 0.144. The Bertz CT molecular complexity index is 749. The molecule has 0 bridgehead atoms. The average Bonchev–Trinajstić information content (AvgIpc) is 2.37. The van der Waals surface area contributed by atoms with E-state index >= 15 is 0 Å². The maximum Gasteiger partial charge on any atom is 0.420 e. The molecule has 0 radical (unpaired) electrons. The van der Waals surface area contributed by atoms with Crippen LogP contribution in [0, 0.1) is 0 Å². The lowest BCUT2D eigenvalue weighted by Crippen LogP contribution is -2.13. The monoisotopic (exact) mass is 335 g/mol. The molecule has 2 rings (SSSR count). The molecule has 0 aromatic heterocycles. The van der Waals surface area contributed by atoms with Crippen LogP contribution in [-0.4, -0.2) is 0 Å². The highest BCUT2D eigenvalue weighted by Crippen LogP contribution is 2.43. The normalized spacial score (nSPS) is 12.4. The quantitative estimate of drug-likeness (QED) is 0.541. The first-order valence-corrected chi connectivity index (χ1v) is 6.15. The van der Waals surface area contributed by atoms with Crippen molar-refractivity contribution in [2.45, 2.75) is 12.4 Å². The van der Waals surface area contributed by atoms with Gasteiger partial charge in [-0.1, -0.05) is 12.1 Å². The van der Waals surface area contributed by atoms with Crippen molar-refractivity contribution in [3.05, 3.63) is 41.5 Å². The van der Waals surface area contributed by atoms with E-state index < -0.39 is 40.5 Å². The molecule has 0 atom stereocenters. The van der Waals surface area contributed by atoms with E-state index in [1.807, 2.05) is 0 Å². The highest BCUT2D eigenvalue weighted by molar-refractivity contribution is 5.84. The third-order valence-electron chi connectivity index (χ3n) is 3.23. The van der Waals surface area contributed by atoms with E-state index in [-0.39, 0.29) is 11.1 Å². The summed E-state index contributed by atoms with van der Waals surface area (Å²) in [6.45, 7) is 0. The number of hydrogen-bond donors (Lipinski definition) is 3. The lowest BCUT2D eigenvalue weighted by molar-refractivity contribution is -0.137. The van der Waals surface area contributed by atoms with Crippen molar-refractivity contribution in [3.8, 4) is 11.1 Å². The number of rotatable bonds is 1. The summed E-state index contributed by atoms with van der Waals surface area (Å²) in [7, 11) is 0. The lowest BCUT2D eigenvalue weighted by Gasteiger charge is -2.17. The van der Waals surface area contributed by atoms with E-state index in [4.69, 9.17) is 17.2 Å². The molecule has 6 N–H and O–H groups in total. The van der Waals surface area contributed by atoms with E-state index in [2.05, 4.69) is 0 Å². The molecule has 23 heavy (non-hydrogen) atoms. The second-order valence-corrected chi connectivity index (χ2v) is 4.79. The fourth-order valence-electron chi connectivity index (χ4n) is 2.17. The predicted octanol–water partition coefficient (Wildman–Crippen LogP) is 4.14. The van der Waals surface area contributed by atoms with Crippen molar-refractivity contribution in [2.24, 2.45) is 0 Å². The molecule has 124 valence electrons. The van der Waals surface area contributed by atoms with Crippen molar-refractivity contribution in [1.29, 1.82) is 0 Å². The van der Waals surface area contributed by atoms with E-state index in [1.165, 1.54) is 0 Å². The first-order valence-electron chi connectivity index (χ1n) is 6.15. The van der Waals surface area contributed by atoms with Crippen LogP contribution in [0.5, 0.6) is 0 Å². The van der Waals surface area contributed by atoms with Crippen LogP contribution in [0.4, 0.5) is 43.4 Å². The Balaban J connectivity index is 2.70. The summed E-state index contributed by atoms with van der Waals surface area (Å²) in [4.78, 5) is 0. The number of hydrogen-bond acceptors (Lipinski definition) is 3. The van der Waals surface area contributed by atoms with Gasteiger partial charge >= 0.3 is 12.4 Å². The van der Waals surface area contributed by atoms with Crippen LogP contribution in [0.25, 0.3) is 11.1 Å². The fraction of sp³-hybridized carbons (Fsp3) is 0.143. The van der Waals surface area contributed by atoms with Crippen LogP contribution in [-0.2, 0) is 12.4 Å². The third-order valence-corrected chi connectivity index (χ3v) is 3.23. The minimum Gasteiger partial charge on any atom is -0.398 e. The molecule has 0 saturated carbocycles. The van der Waals surface area contributed by atoms with Gasteiger partial charge in [0.1, 0.15) is 5.56 Å². The molecule has 9 heteroatoms. The maximum atomic E-state index is 13.0. The van der Waals surface area contributed by atoms with Gasteiger partial charge in [-0.15, -0.1) is 0 Å². The summed E-state index contributed by atoms with van der Waals surface area (Å²) in [5.41, 5.74) is 11.4. The summed E-state index contributed by atoms with van der Waals surface area (Å²) in [5.74, 6) is 0. The molecule has 0 aliphatic carbocycles. The first-order chi connectivity index (χ1) is 10.4. The Morgan fingerprint density at radius 2 is 1.26 bits per heavy atom. The van der Waals surface area contributed by atoms with Gasteiger partial charge in [0.2, 0.25) is 0 Å². The number of benzene rings is 2. The lowest BCUT2D eigenvalue weighted by atomic mass is 9.96. The van der Waals surface area contributed by atoms with Crippen molar-refractivity contribution < 1.29 is 26.3 Å². The molecular weight excluding hydrogens is 324 g/mol. The Morgan fingerprint density at radius 1 is 0.696 bits per heavy atom. The zero-order chi connectivity index (χ0) is 17.6. The zero-order valence-electron chi connectivity index (χ0n) is 11.4. The van der Waals surface area contributed by atoms with Gasteiger partial charge in [-0.25, -0.2) is 0 Å². The van der Waals surface area contributed by atoms with Crippen LogP contribution in [0.3, 0.4) is 0 Å². The van der Waals surface area contributed by atoms with Gasteiger partial charge in [0.25, 0.3) is 0 Å². The van der Waals surface area contributed by atoms with Crippen LogP contribution in [0.2, 0.25) is 0 Å². The molecule has 0 amide bonds. The number of alkyl halides is 6. The first kappa shape index (κ1) is 16.8. The van der Waals surface area contributed by atoms with E-state index in [9.17, 15) is 26.3 Å². The van der Waals surface area contributed by atoms with E-state index in [1.54, 1.807) is 0 Å². The second kappa shape index (κ2) is 5.25. The smallest absolute Gasteiger partial charge is 0.398 e. The van der Waals surface area contributed by atoms with Crippen LogP contribution in [0.15, 0.2) is 30.3 Å². The Morgan fingerprint density at radius 3 is 1.78 bits per heavy atom. The number of anilines is 3. The fourth-order valence-corrected chi connectivity index (χ4v) is 2.17. The van der Waals surface area contributed by atoms with Crippen LogP contribution < -0.4 is 17.2 Å². The molecule has 0 unspecified atom stereocenters. The molecule has 0 spiro atoms. The van der Waals surface area contributed by atoms with Gasteiger partial charge < -0.3 is 17.2 Å². The topological polar surface area (TPSA) is 78.1 Å². The Kier molecular flexibility index (Phi) is 3.83. The zero-order valence-corrected chi connectivity index (χ0v) is 11.4. The summed E-state index contributed by atoms with van der Waals surface area (Å²) in [5, 5.41) is 0. The molecule has 0 heterocycles. The molecule has 2 aromatic carbocycles.